The van der Waals surface area contributed by atoms with Crippen LogP contribution in [0.2, 0.25) is 5.02 Å². The molecule has 0 aliphatic carbocycles. The number of ether oxygens (including phenoxy) is 1. The topological polar surface area (TPSA) is 34.1 Å². The molecule has 1 N–H and O–H groups in total. The summed E-state index contributed by atoms with van der Waals surface area (Å²) >= 11 is 5.75. The van der Waals surface area contributed by atoms with E-state index in [-0.39, 0.29) is 16.9 Å². The Morgan fingerprint density at radius 3 is 2.79 bits per heavy atom. The number of pyridine rings is 1. The van der Waals surface area contributed by atoms with Crippen molar-refractivity contribution < 1.29 is 17.9 Å². The van der Waals surface area contributed by atoms with Gasteiger partial charge >= 0.3 is 6.18 Å². The van der Waals surface area contributed by atoms with Crippen LogP contribution in [0.15, 0.2) is 12.3 Å². The number of alkyl halides is 3. The maximum atomic E-state index is 12.4. The first-order valence-corrected chi connectivity index (χ1v) is 6.43. The third-order valence-electron chi connectivity index (χ3n) is 2.97. The maximum Gasteiger partial charge on any atom is 0.417 e. The quantitative estimate of drug-likeness (QED) is 0.929. The number of nitrogens with zero attached hydrogens (tertiary/aromatic N) is 1. The van der Waals surface area contributed by atoms with E-state index in [1.54, 1.807) is 0 Å². The van der Waals surface area contributed by atoms with Crippen LogP contribution in [0.3, 0.4) is 0 Å². The highest BCUT2D eigenvalue weighted by Crippen LogP contribution is 2.33. The van der Waals surface area contributed by atoms with Crippen molar-refractivity contribution in [3.63, 3.8) is 0 Å². The monoisotopic (exact) mass is 294 g/mol. The minimum Gasteiger partial charge on any atom is -0.475 e. The van der Waals surface area contributed by atoms with Crippen molar-refractivity contribution in [2.24, 2.45) is 0 Å². The Hall–Kier alpha value is -1.01. The Labute approximate surface area is 114 Å². The van der Waals surface area contributed by atoms with Gasteiger partial charge in [-0.05, 0) is 25.5 Å². The third kappa shape index (κ3) is 3.98. The number of nitrogens with one attached hydrogen (secondary N) is 1. The molecular weight excluding hydrogens is 281 g/mol. The summed E-state index contributed by atoms with van der Waals surface area (Å²) in [6.45, 7) is 1.29. The van der Waals surface area contributed by atoms with E-state index in [4.69, 9.17) is 16.3 Å². The van der Waals surface area contributed by atoms with Crippen molar-refractivity contribution in [3.8, 4) is 5.88 Å². The van der Waals surface area contributed by atoms with Gasteiger partial charge in [0.1, 0.15) is 11.6 Å². The number of aromatic nitrogens is 1. The summed E-state index contributed by atoms with van der Waals surface area (Å²) < 4.78 is 42.7. The molecule has 1 aliphatic heterocycles. The molecule has 7 heteroatoms. The Balaban J connectivity index is 1.97. The van der Waals surface area contributed by atoms with Crippen molar-refractivity contribution in [3.05, 3.63) is 22.8 Å². The van der Waals surface area contributed by atoms with Gasteiger partial charge in [-0.2, -0.15) is 13.2 Å². The fraction of sp³-hybridized carbons (Fsp3) is 0.583. The minimum atomic E-state index is -4.44. The standard InChI is InChI=1S/C12H14ClF3N2O/c13-10-5-8(12(14,15)16)6-18-11(10)19-7-9-3-1-2-4-17-9/h5-6,9,17H,1-4,7H2. The molecule has 0 saturated carbocycles. The number of halogens is 4. The van der Waals surface area contributed by atoms with Crippen molar-refractivity contribution in [2.75, 3.05) is 13.2 Å². The van der Waals surface area contributed by atoms with Gasteiger partial charge in [-0.1, -0.05) is 18.0 Å². The molecular formula is C12H14ClF3N2O. The fourth-order valence-corrected chi connectivity index (χ4v) is 2.15. The summed E-state index contributed by atoms with van der Waals surface area (Å²) in [4.78, 5) is 3.63. The van der Waals surface area contributed by atoms with E-state index in [0.717, 1.165) is 38.1 Å². The number of hydrogen-bond acceptors (Lipinski definition) is 3. The molecule has 1 aliphatic rings. The highest BCUT2D eigenvalue weighted by molar-refractivity contribution is 6.31. The molecule has 0 aromatic carbocycles. The highest BCUT2D eigenvalue weighted by atomic mass is 35.5. The van der Waals surface area contributed by atoms with E-state index in [1.165, 1.54) is 0 Å². The van der Waals surface area contributed by atoms with Crippen molar-refractivity contribution in [1.29, 1.82) is 0 Å². The van der Waals surface area contributed by atoms with Crippen LogP contribution < -0.4 is 10.1 Å². The lowest BCUT2D eigenvalue weighted by molar-refractivity contribution is -0.137. The summed E-state index contributed by atoms with van der Waals surface area (Å²) in [6.07, 6.45) is -0.473. The molecule has 1 fully saturated rings. The molecule has 1 unspecified atom stereocenters. The maximum absolute atomic E-state index is 12.4. The summed E-state index contributed by atoms with van der Waals surface area (Å²) in [5, 5.41) is 3.15. The first kappa shape index (κ1) is 14.4. The van der Waals surface area contributed by atoms with Gasteiger partial charge < -0.3 is 10.1 Å². The molecule has 1 aromatic heterocycles. The largest absolute Gasteiger partial charge is 0.475 e. The van der Waals surface area contributed by atoms with Gasteiger partial charge in [0.2, 0.25) is 5.88 Å². The van der Waals surface area contributed by atoms with Crippen molar-refractivity contribution >= 4 is 11.6 Å². The van der Waals surface area contributed by atoms with Crippen LogP contribution in [0.4, 0.5) is 13.2 Å². The van der Waals surface area contributed by atoms with Crippen LogP contribution in [0.1, 0.15) is 24.8 Å². The number of hydrogen-bond donors (Lipinski definition) is 1. The van der Waals surface area contributed by atoms with E-state index in [1.807, 2.05) is 0 Å². The third-order valence-corrected chi connectivity index (χ3v) is 3.24. The predicted octanol–water partition coefficient (Wildman–Crippen LogP) is 3.27. The first-order valence-electron chi connectivity index (χ1n) is 6.06. The Morgan fingerprint density at radius 1 is 1.42 bits per heavy atom. The van der Waals surface area contributed by atoms with Gasteiger partial charge in [-0.3, -0.25) is 0 Å². The number of rotatable bonds is 3. The zero-order valence-corrected chi connectivity index (χ0v) is 10.9. The van der Waals surface area contributed by atoms with Crippen LogP contribution in [0.5, 0.6) is 5.88 Å². The summed E-state index contributed by atoms with van der Waals surface area (Å²) in [6, 6.07) is 1.03. The predicted molar refractivity (Wildman–Crippen MR) is 65.4 cm³/mol. The zero-order chi connectivity index (χ0) is 13.9. The van der Waals surface area contributed by atoms with E-state index in [2.05, 4.69) is 10.3 Å². The van der Waals surface area contributed by atoms with Gasteiger partial charge in [-0.15, -0.1) is 0 Å². The van der Waals surface area contributed by atoms with Crippen LogP contribution in [-0.2, 0) is 6.18 Å². The lowest BCUT2D eigenvalue weighted by atomic mass is 10.1. The van der Waals surface area contributed by atoms with Gasteiger partial charge in [0.15, 0.2) is 0 Å². The smallest absolute Gasteiger partial charge is 0.417 e. The molecule has 0 amide bonds. The summed E-state index contributed by atoms with van der Waals surface area (Å²) in [7, 11) is 0. The van der Waals surface area contributed by atoms with Crippen molar-refractivity contribution in [2.45, 2.75) is 31.5 Å². The molecule has 1 atom stereocenters. The zero-order valence-electron chi connectivity index (χ0n) is 10.1. The van der Waals surface area contributed by atoms with Crippen LogP contribution in [0, 0.1) is 0 Å². The highest BCUT2D eigenvalue weighted by Gasteiger charge is 2.31. The molecule has 0 radical (unpaired) electrons. The molecule has 0 bridgehead atoms. The van der Waals surface area contributed by atoms with Crippen LogP contribution in [-0.4, -0.2) is 24.2 Å². The SMILES string of the molecule is FC(F)(F)c1cnc(OCC2CCCCN2)c(Cl)c1. The average molecular weight is 295 g/mol. The van der Waals surface area contributed by atoms with Crippen LogP contribution >= 0.6 is 11.6 Å². The molecule has 1 saturated heterocycles. The summed E-state index contributed by atoms with van der Waals surface area (Å²) in [5.74, 6) is 0.0436. The van der Waals surface area contributed by atoms with E-state index in [0.29, 0.717) is 6.61 Å². The lowest BCUT2D eigenvalue weighted by Gasteiger charge is -2.23. The molecule has 2 heterocycles. The van der Waals surface area contributed by atoms with Gasteiger partial charge in [-0.25, -0.2) is 4.98 Å². The summed E-state index contributed by atoms with van der Waals surface area (Å²) in [5.41, 5.74) is -0.874. The second-order valence-corrected chi connectivity index (χ2v) is 4.87. The first-order chi connectivity index (χ1) is 8.97. The van der Waals surface area contributed by atoms with Crippen LogP contribution in [0.25, 0.3) is 0 Å². The van der Waals surface area contributed by atoms with E-state index >= 15 is 0 Å². The van der Waals surface area contributed by atoms with E-state index in [9.17, 15) is 13.2 Å². The fourth-order valence-electron chi connectivity index (χ4n) is 1.93. The van der Waals surface area contributed by atoms with Crippen molar-refractivity contribution in [1.82, 2.24) is 10.3 Å². The van der Waals surface area contributed by atoms with Gasteiger partial charge in [0.05, 0.1) is 5.56 Å². The minimum absolute atomic E-state index is 0.0436. The Morgan fingerprint density at radius 2 is 2.21 bits per heavy atom. The molecule has 2 rings (SSSR count). The lowest BCUT2D eigenvalue weighted by Crippen LogP contribution is -2.38. The molecule has 3 nitrogen and oxygen atoms in total. The van der Waals surface area contributed by atoms with Gasteiger partial charge in [0, 0.05) is 12.2 Å². The van der Waals surface area contributed by atoms with E-state index < -0.39 is 11.7 Å². The average Bonchev–Trinajstić information content (AvgIpc) is 2.37. The second-order valence-electron chi connectivity index (χ2n) is 4.47. The number of piperidine rings is 1. The molecule has 1 aromatic rings. The molecule has 19 heavy (non-hydrogen) atoms. The Bertz CT molecular complexity index is 433. The second kappa shape index (κ2) is 5.96. The molecule has 0 spiro atoms. The Kier molecular flexibility index (Phi) is 4.52. The van der Waals surface area contributed by atoms with Gasteiger partial charge in [0.25, 0.3) is 0 Å². The molecule has 106 valence electrons. The normalized spacial score (nSPS) is 20.3.